The highest BCUT2D eigenvalue weighted by Crippen LogP contribution is 2.33. The van der Waals surface area contributed by atoms with Crippen LogP contribution in [0, 0.1) is 5.92 Å². The Labute approximate surface area is 228 Å². The van der Waals surface area contributed by atoms with Gasteiger partial charge >= 0.3 is 5.97 Å². The Bertz CT molecular complexity index is 1630. The number of benzene rings is 2. The standard InChI is InChI=1S/C30H28N2O4S2/c1-19(2)17-36-29(34)26-20(3)31-30-32(27(26)24-10-7-15-37-24)28(33)25(38-30)16-21-11-13-23(14-12-21)35-18-22-8-5-4-6-9-22/h4-16,19,27H,17-18H2,1-3H3/b25-16+/t27-/m0/s1. The molecule has 0 amide bonds. The van der Waals surface area contributed by atoms with Gasteiger partial charge < -0.3 is 9.47 Å². The Morgan fingerprint density at radius 2 is 1.84 bits per heavy atom. The Morgan fingerprint density at radius 1 is 1.08 bits per heavy atom. The molecular weight excluding hydrogens is 516 g/mol. The zero-order chi connectivity index (χ0) is 26.6. The van der Waals surface area contributed by atoms with Gasteiger partial charge in [-0.05, 0) is 53.6 Å². The maximum absolute atomic E-state index is 13.7. The van der Waals surface area contributed by atoms with Crippen molar-refractivity contribution in [3.8, 4) is 5.75 Å². The van der Waals surface area contributed by atoms with Crippen molar-refractivity contribution in [2.24, 2.45) is 10.9 Å². The number of esters is 1. The molecule has 1 aliphatic heterocycles. The van der Waals surface area contributed by atoms with Crippen molar-refractivity contribution in [3.63, 3.8) is 0 Å². The number of hydrogen-bond acceptors (Lipinski definition) is 7. The largest absolute Gasteiger partial charge is 0.489 e. The van der Waals surface area contributed by atoms with Crippen LogP contribution in [0.4, 0.5) is 0 Å². The van der Waals surface area contributed by atoms with E-state index in [4.69, 9.17) is 9.47 Å². The van der Waals surface area contributed by atoms with Gasteiger partial charge in [0.15, 0.2) is 4.80 Å². The molecule has 1 aliphatic rings. The monoisotopic (exact) mass is 544 g/mol. The van der Waals surface area contributed by atoms with E-state index in [0.717, 1.165) is 21.8 Å². The molecule has 194 valence electrons. The van der Waals surface area contributed by atoms with E-state index < -0.39 is 12.0 Å². The van der Waals surface area contributed by atoms with Crippen molar-refractivity contribution < 1.29 is 14.3 Å². The van der Waals surface area contributed by atoms with Crippen LogP contribution < -0.4 is 19.6 Å². The molecule has 0 spiro atoms. The minimum absolute atomic E-state index is 0.182. The fourth-order valence-electron chi connectivity index (χ4n) is 4.17. The first-order chi connectivity index (χ1) is 18.4. The second kappa shape index (κ2) is 11.3. The molecule has 0 fully saturated rings. The van der Waals surface area contributed by atoms with Crippen LogP contribution in [0.2, 0.25) is 0 Å². The first kappa shape index (κ1) is 25.9. The number of carbonyl (C=O) groups is 1. The number of ether oxygens (including phenoxy) is 2. The average molecular weight is 545 g/mol. The number of carbonyl (C=O) groups excluding carboxylic acids is 1. The van der Waals surface area contributed by atoms with Gasteiger partial charge in [0.05, 0.1) is 22.4 Å². The van der Waals surface area contributed by atoms with E-state index in [0.29, 0.717) is 33.8 Å². The molecule has 0 saturated carbocycles. The number of nitrogens with zero attached hydrogens (tertiary/aromatic N) is 2. The normalized spacial score (nSPS) is 15.4. The molecule has 0 radical (unpaired) electrons. The van der Waals surface area contributed by atoms with Crippen LogP contribution in [0.5, 0.6) is 5.75 Å². The lowest BCUT2D eigenvalue weighted by Gasteiger charge is -2.23. The first-order valence-electron chi connectivity index (χ1n) is 12.4. The highest BCUT2D eigenvalue weighted by Gasteiger charge is 2.34. The number of allylic oxidation sites excluding steroid dienone is 1. The van der Waals surface area contributed by atoms with Crippen molar-refractivity contribution in [2.75, 3.05) is 6.61 Å². The zero-order valence-electron chi connectivity index (χ0n) is 21.4. The van der Waals surface area contributed by atoms with Gasteiger partial charge in [-0.2, -0.15) is 0 Å². The van der Waals surface area contributed by atoms with E-state index in [1.807, 2.05) is 92.0 Å². The van der Waals surface area contributed by atoms with Gasteiger partial charge in [0, 0.05) is 4.88 Å². The van der Waals surface area contributed by atoms with E-state index in [1.54, 1.807) is 11.5 Å². The quantitative estimate of drug-likeness (QED) is 0.290. The van der Waals surface area contributed by atoms with Gasteiger partial charge in [0.25, 0.3) is 5.56 Å². The van der Waals surface area contributed by atoms with Crippen molar-refractivity contribution in [1.82, 2.24) is 4.57 Å². The molecule has 1 atom stereocenters. The van der Waals surface area contributed by atoms with Crippen LogP contribution in [0.25, 0.3) is 6.08 Å². The molecule has 3 heterocycles. The maximum atomic E-state index is 13.7. The van der Waals surface area contributed by atoms with Crippen LogP contribution in [0.15, 0.2) is 93.2 Å². The summed E-state index contributed by atoms with van der Waals surface area (Å²) in [6.45, 7) is 6.58. The smallest absolute Gasteiger partial charge is 0.338 e. The highest BCUT2D eigenvalue weighted by molar-refractivity contribution is 7.10. The fraction of sp³-hybridized carbons (Fsp3) is 0.233. The van der Waals surface area contributed by atoms with E-state index in [2.05, 4.69) is 4.99 Å². The second-order valence-electron chi connectivity index (χ2n) is 9.43. The Morgan fingerprint density at radius 3 is 2.53 bits per heavy atom. The van der Waals surface area contributed by atoms with Crippen LogP contribution >= 0.6 is 22.7 Å². The number of thiazole rings is 1. The lowest BCUT2D eigenvalue weighted by atomic mass is 10.0. The second-order valence-corrected chi connectivity index (χ2v) is 11.4. The topological polar surface area (TPSA) is 69.9 Å². The molecule has 8 heteroatoms. The van der Waals surface area contributed by atoms with Crippen molar-refractivity contribution >= 4 is 34.7 Å². The van der Waals surface area contributed by atoms with E-state index >= 15 is 0 Å². The van der Waals surface area contributed by atoms with Gasteiger partial charge in [0.1, 0.15) is 18.4 Å². The summed E-state index contributed by atoms with van der Waals surface area (Å²) in [5, 5.41) is 1.94. The van der Waals surface area contributed by atoms with Gasteiger partial charge in [0.2, 0.25) is 0 Å². The molecule has 0 saturated heterocycles. The van der Waals surface area contributed by atoms with Crippen molar-refractivity contribution in [1.29, 1.82) is 0 Å². The lowest BCUT2D eigenvalue weighted by molar-refractivity contribution is -0.140. The van der Waals surface area contributed by atoms with Gasteiger partial charge in [-0.15, -0.1) is 11.3 Å². The number of aromatic nitrogens is 1. The summed E-state index contributed by atoms with van der Waals surface area (Å²) in [6.07, 6.45) is 1.85. The van der Waals surface area contributed by atoms with Crippen molar-refractivity contribution in [3.05, 3.63) is 119 Å². The molecule has 0 aliphatic carbocycles. The lowest BCUT2D eigenvalue weighted by Crippen LogP contribution is -2.39. The van der Waals surface area contributed by atoms with Gasteiger partial charge in [-0.25, -0.2) is 9.79 Å². The predicted octanol–water partition coefficient (Wildman–Crippen LogP) is 5.07. The van der Waals surface area contributed by atoms with E-state index in [1.165, 1.54) is 22.7 Å². The van der Waals surface area contributed by atoms with Crippen molar-refractivity contribution in [2.45, 2.75) is 33.4 Å². The summed E-state index contributed by atoms with van der Waals surface area (Å²) in [5.74, 6) is 0.528. The Balaban J connectivity index is 1.46. The minimum atomic E-state index is -0.568. The van der Waals surface area contributed by atoms with Crippen LogP contribution in [0.1, 0.15) is 42.8 Å². The molecule has 0 bridgehead atoms. The molecule has 2 aromatic carbocycles. The van der Waals surface area contributed by atoms with Gasteiger partial charge in [-0.1, -0.05) is 73.7 Å². The van der Waals surface area contributed by atoms with Crippen LogP contribution in [-0.4, -0.2) is 17.1 Å². The molecule has 38 heavy (non-hydrogen) atoms. The number of rotatable bonds is 8. The van der Waals surface area contributed by atoms with E-state index in [-0.39, 0.29) is 11.5 Å². The zero-order valence-corrected chi connectivity index (χ0v) is 23.1. The summed E-state index contributed by atoms with van der Waals surface area (Å²) >= 11 is 2.82. The average Bonchev–Trinajstić information content (AvgIpc) is 3.55. The number of thiophene rings is 1. The Kier molecular flexibility index (Phi) is 7.72. The molecule has 4 aromatic rings. The van der Waals surface area contributed by atoms with Crippen LogP contribution in [-0.2, 0) is 16.1 Å². The third-order valence-electron chi connectivity index (χ3n) is 6.03. The molecule has 0 N–H and O–H groups in total. The summed E-state index contributed by atoms with van der Waals surface area (Å²) < 4.78 is 13.6. The first-order valence-corrected chi connectivity index (χ1v) is 14.1. The number of hydrogen-bond donors (Lipinski definition) is 0. The number of fused-ring (bicyclic) bond motifs is 1. The maximum Gasteiger partial charge on any atom is 0.338 e. The third kappa shape index (κ3) is 5.56. The Hall–Kier alpha value is -3.75. The third-order valence-corrected chi connectivity index (χ3v) is 7.94. The highest BCUT2D eigenvalue weighted by atomic mass is 32.1. The molecular formula is C30H28N2O4S2. The van der Waals surface area contributed by atoms with Crippen LogP contribution in [0.3, 0.4) is 0 Å². The SMILES string of the molecule is CC1=C(C(=O)OCC(C)C)[C@H](c2cccs2)n2c(s/c(=C/c3ccc(OCc4ccccc4)cc3)c2=O)=N1. The summed E-state index contributed by atoms with van der Waals surface area (Å²) in [6, 6.07) is 20.9. The van der Waals surface area contributed by atoms with E-state index in [9.17, 15) is 9.59 Å². The fourth-order valence-corrected chi connectivity index (χ4v) is 6.04. The molecule has 6 nitrogen and oxygen atoms in total. The minimum Gasteiger partial charge on any atom is -0.489 e. The van der Waals surface area contributed by atoms with Gasteiger partial charge in [-0.3, -0.25) is 9.36 Å². The predicted molar refractivity (Wildman–Crippen MR) is 151 cm³/mol. The summed E-state index contributed by atoms with van der Waals surface area (Å²) in [5.41, 5.74) is 2.78. The molecule has 0 unspecified atom stereocenters. The molecule has 5 rings (SSSR count). The summed E-state index contributed by atoms with van der Waals surface area (Å²) in [4.78, 5) is 32.9. The summed E-state index contributed by atoms with van der Waals surface area (Å²) in [7, 11) is 0. The molecule has 2 aromatic heterocycles.